The number of anilines is 1. The first-order valence-corrected chi connectivity index (χ1v) is 7.37. The third-order valence-electron chi connectivity index (χ3n) is 3.24. The third kappa shape index (κ3) is 4.10. The van der Waals surface area contributed by atoms with Crippen LogP contribution in [0.1, 0.15) is 27.6 Å². The van der Waals surface area contributed by atoms with Gasteiger partial charge in [0.1, 0.15) is 5.75 Å². The Labute approximate surface area is 135 Å². The van der Waals surface area contributed by atoms with Crippen molar-refractivity contribution in [2.75, 3.05) is 26.0 Å². The first-order valence-electron chi connectivity index (χ1n) is 7.37. The normalized spacial score (nSPS) is 10.0. The number of nitrogens with zero attached hydrogens (tertiary/aromatic N) is 1. The van der Waals surface area contributed by atoms with E-state index in [1.165, 1.54) is 4.90 Å². The molecule has 2 aromatic carbocycles. The number of amides is 2. The van der Waals surface area contributed by atoms with Crippen molar-refractivity contribution in [3.63, 3.8) is 0 Å². The summed E-state index contributed by atoms with van der Waals surface area (Å²) in [5.41, 5.74) is 1.45. The van der Waals surface area contributed by atoms with Crippen molar-refractivity contribution in [2.24, 2.45) is 0 Å². The van der Waals surface area contributed by atoms with E-state index >= 15 is 0 Å². The average Bonchev–Trinajstić information content (AvgIpc) is 2.55. The van der Waals surface area contributed by atoms with E-state index < -0.39 is 0 Å². The van der Waals surface area contributed by atoms with Crippen LogP contribution in [0.3, 0.4) is 0 Å². The third-order valence-corrected chi connectivity index (χ3v) is 3.24. The fourth-order valence-corrected chi connectivity index (χ4v) is 2.08. The lowest BCUT2D eigenvalue weighted by Gasteiger charge is -2.14. The summed E-state index contributed by atoms with van der Waals surface area (Å²) in [5, 5.41) is 2.79. The van der Waals surface area contributed by atoms with Crippen molar-refractivity contribution >= 4 is 17.5 Å². The smallest absolute Gasteiger partial charge is 0.255 e. The van der Waals surface area contributed by atoms with Gasteiger partial charge in [-0.25, -0.2) is 0 Å². The first-order chi connectivity index (χ1) is 11.0. The zero-order chi connectivity index (χ0) is 16.8. The Balaban J connectivity index is 2.19. The van der Waals surface area contributed by atoms with Crippen LogP contribution in [0.2, 0.25) is 0 Å². The summed E-state index contributed by atoms with van der Waals surface area (Å²) in [5.74, 6) is 0.284. The largest absolute Gasteiger partial charge is 0.494 e. The molecule has 0 fully saturated rings. The van der Waals surface area contributed by atoms with Gasteiger partial charge in [-0.3, -0.25) is 9.59 Å². The number of benzene rings is 2. The molecule has 0 bridgehead atoms. The summed E-state index contributed by atoms with van der Waals surface area (Å²) in [4.78, 5) is 26.0. The van der Waals surface area contributed by atoms with Crippen molar-refractivity contribution in [1.29, 1.82) is 0 Å². The summed E-state index contributed by atoms with van der Waals surface area (Å²) < 4.78 is 5.35. The van der Waals surface area contributed by atoms with E-state index in [1.54, 1.807) is 62.6 Å². The number of hydrogen-bond acceptors (Lipinski definition) is 3. The highest BCUT2D eigenvalue weighted by Crippen LogP contribution is 2.18. The monoisotopic (exact) mass is 312 g/mol. The Morgan fingerprint density at radius 2 is 1.70 bits per heavy atom. The zero-order valence-corrected chi connectivity index (χ0v) is 13.5. The van der Waals surface area contributed by atoms with Crippen LogP contribution in [0.5, 0.6) is 5.75 Å². The van der Waals surface area contributed by atoms with Gasteiger partial charge in [-0.1, -0.05) is 12.1 Å². The minimum Gasteiger partial charge on any atom is -0.494 e. The lowest BCUT2D eigenvalue weighted by atomic mass is 10.1. The predicted octanol–water partition coefficient (Wildman–Crippen LogP) is 3.04. The average molecular weight is 312 g/mol. The van der Waals surface area contributed by atoms with Gasteiger partial charge in [0.2, 0.25) is 0 Å². The summed E-state index contributed by atoms with van der Waals surface area (Å²) in [6.45, 7) is 2.48. The maximum Gasteiger partial charge on any atom is 0.255 e. The SMILES string of the molecule is CCOc1ccc(C(=O)Nc2ccccc2C(=O)N(C)C)cc1. The van der Waals surface area contributed by atoms with Crippen molar-refractivity contribution in [3.8, 4) is 5.75 Å². The molecule has 0 aliphatic carbocycles. The van der Waals surface area contributed by atoms with Gasteiger partial charge in [0.25, 0.3) is 11.8 Å². The van der Waals surface area contributed by atoms with Gasteiger partial charge in [-0.05, 0) is 43.3 Å². The second kappa shape index (κ2) is 7.45. The highest BCUT2D eigenvalue weighted by Gasteiger charge is 2.15. The van der Waals surface area contributed by atoms with Crippen molar-refractivity contribution in [3.05, 3.63) is 59.7 Å². The van der Waals surface area contributed by atoms with E-state index in [-0.39, 0.29) is 11.8 Å². The van der Waals surface area contributed by atoms with Crippen LogP contribution in [-0.2, 0) is 0 Å². The van der Waals surface area contributed by atoms with E-state index in [0.29, 0.717) is 29.2 Å². The van der Waals surface area contributed by atoms with Crippen molar-refractivity contribution < 1.29 is 14.3 Å². The number of hydrogen-bond donors (Lipinski definition) is 1. The fraction of sp³-hybridized carbons (Fsp3) is 0.222. The lowest BCUT2D eigenvalue weighted by Crippen LogP contribution is -2.24. The van der Waals surface area contributed by atoms with Gasteiger partial charge in [-0.15, -0.1) is 0 Å². The van der Waals surface area contributed by atoms with Gasteiger partial charge >= 0.3 is 0 Å². The van der Waals surface area contributed by atoms with Crippen LogP contribution in [0.4, 0.5) is 5.69 Å². The highest BCUT2D eigenvalue weighted by molar-refractivity contribution is 6.08. The van der Waals surface area contributed by atoms with Gasteiger partial charge < -0.3 is 15.0 Å². The minimum absolute atomic E-state index is 0.160. The second-order valence-corrected chi connectivity index (χ2v) is 5.16. The number of nitrogens with one attached hydrogen (secondary N) is 1. The molecule has 120 valence electrons. The number of ether oxygens (including phenoxy) is 1. The molecule has 0 atom stereocenters. The van der Waals surface area contributed by atoms with Gasteiger partial charge in [0, 0.05) is 19.7 Å². The molecule has 0 heterocycles. The molecule has 0 aliphatic heterocycles. The topological polar surface area (TPSA) is 58.6 Å². The molecule has 5 nitrogen and oxygen atoms in total. The van der Waals surface area contributed by atoms with Crippen LogP contribution in [0, 0.1) is 0 Å². The summed E-state index contributed by atoms with van der Waals surface area (Å²) in [6, 6.07) is 13.8. The molecule has 23 heavy (non-hydrogen) atoms. The van der Waals surface area contributed by atoms with E-state index in [9.17, 15) is 9.59 Å². The molecule has 2 amide bonds. The molecule has 2 rings (SSSR count). The molecule has 0 unspecified atom stereocenters. The molecule has 5 heteroatoms. The zero-order valence-electron chi connectivity index (χ0n) is 13.5. The van der Waals surface area contributed by atoms with Crippen LogP contribution in [0.15, 0.2) is 48.5 Å². The highest BCUT2D eigenvalue weighted by atomic mass is 16.5. The molecule has 1 N–H and O–H groups in total. The summed E-state index contributed by atoms with van der Waals surface area (Å²) in [6.07, 6.45) is 0. The number of rotatable bonds is 5. The maximum atomic E-state index is 12.4. The fourth-order valence-electron chi connectivity index (χ4n) is 2.08. The Kier molecular flexibility index (Phi) is 5.36. The second-order valence-electron chi connectivity index (χ2n) is 5.16. The van der Waals surface area contributed by atoms with E-state index in [0.717, 1.165) is 0 Å². The minimum atomic E-state index is -0.271. The Morgan fingerprint density at radius 3 is 2.30 bits per heavy atom. The van der Waals surface area contributed by atoms with E-state index in [4.69, 9.17) is 4.74 Å². The van der Waals surface area contributed by atoms with Crippen LogP contribution >= 0.6 is 0 Å². The Hall–Kier alpha value is -2.82. The van der Waals surface area contributed by atoms with Crippen LogP contribution < -0.4 is 10.1 Å². The Bertz CT molecular complexity index is 694. The Morgan fingerprint density at radius 1 is 1.04 bits per heavy atom. The molecule has 0 saturated heterocycles. The lowest BCUT2D eigenvalue weighted by molar-refractivity contribution is 0.0828. The van der Waals surface area contributed by atoms with E-state index in [1.807, 2.05) is 6.92 Å². The molecule has 0 saturated carbocycles. The molecule has 0 radical (unpaired) electrons. The standard InChI is InChI=1S/C18H20N2O3/c1-4-23-14-11-9-13(10-12-14)17(21)19-16-8-6-5-7-15(16)18(22)20(2)3/h5-12H,4H2,1-3H3,(H,19,21). The molecule has 0 aliphatic rings. The summed E-state index contributed by atoms with van der Waals surface area (Å²) in [7, 11) is 3.35. The number of carbonyl (C=O) groups is 2. The van der Waals surface area contributed by atoms with Crippen LogP contribution in [0.25, 0.3) is 0 Å². The van der Waals surface area contributed by atoms with Crippen LogP contribution in [-0.4, -0.2) is 37.4 Å². The quantitative estimate of drug-likeness (QED) is 0.923. The molecular weight excluding hydrogens is 292 g/mol. The molecule has 2 aromatic rings. The van der Waals surface area contributed by atoms with E-state index in [2.05, 4.69) is 5.32 Å². The summed E-state index contributed by atoms with van der Waals surface area (Å²) >= 11 is 0. The van der Waals surface area contributed by atoms with Gasteiger partial charge in [0.05, 0.1) is 17.9 Å². The maximum absolute atomic E-state index is 12.4. The number of para-hydroxylation sites is 1. The van der Waals surface area contributed by atoms with Gasteiger partial charge in [0.15, 0.2) is 0 Å². The van der Waals surface area contributed by atoms with Crippen molar-refractivity contribution in [2.45, 2.75) is 6.92 Å². The molecular formula is C18H20N2O3. The van der Waals surface area contributed by atoms with Crippen molar-refractivity contribution in [1.82, 2.24) is 4.90 Å². The first kappa shape index (κ1) is 16.5. The number of carbonyl (C=O) groups excluding carboxylic acids is 2. The van der Waals surface area contributed by atoms with Gasteiger partial charge in [-0.2, -0.15) is 0 Å². The predicted molar refractivity (Wildman–Crippen MR) is 90.0 cm³/mol. The molecule has 0 spiro atoms. The molecule has 0 aromatic heterocycles.